The van der Waals surface area contributed by atoms with E-state index < -0.39 is 0 Å². The van der Waals surface area contributed by atoms with Crippen molar-refractivity contribution in [3.63, 3.8) is 0 Å². The Labute approximate surface area is 167 Å². The van der Waals surface area contributed by atoms with Crippen molar-refractivity contribution >= 4 is 0 Å². The van der Waals surface area contributed by atoms with Crippen LogP contribution in [0.2, 0.25) is 0 Å². The number of aromatic nitrogens is 3. The second-order valence-electron chi connectivity index (χ2n) is 9.12. The van der Waals surface area contributed by atoms with Gasteiger partial charge >= 0.3 is 0 Å². The molecular formula is C22H32N4O2. The largest absolute Gasteiger partial charge is 0.444 e. The van der Waals surface area contributed by atoms with Gasteiger partial charge in [-0.3, -0.25) is 4.90 Å². The van der Waals surface area contributed by atoms with Crippen LogP contribution in [-0.4, -0.2) is 33.1 Å². The maximum absolute atomic E-state index is 5.95. The number of hydrogen-bond acceptors (Lipinski definition) is 6. The first-order chi connectivity index (χ1) is 13.8. The first kappa shape index (κ1) is 18.3. The topological polar surface area (TPSA) is 68.2 Å². The zero-order chi connectivity index (χ0) is 18.8. The standard InChI is InChI=1S/C22H32N4O2/c1-2-4-8-17(7-3-1)21-24-20(28-25-21)12-16-6-5-11-26(14-16)15-19-13-23-22(27-19)18-9-10-18/h13,16-18H,1-12,14-15H2. The van der Waals surface area contributed by atoms with Gasteiger partial charge in [-0.05, 0) is 51.0 Å². The van der Waals surface area contributed by atoms with E-state index in [0.717, 1.165) is 49.4 Å². The Morgan fingerprint density at radius 1 is 0.964 bits per heavy atom. The van der Waals surface area contributed by atoms with Gasteiger partial charge in [0.2, 0.25) is 5.89 Å². The van der Waals surface area contributed by atoms with Crippen molar-refractivity contribution in [1.29, 1.82) is 0 Å². The highest BCUT2D eigenvalue weighted by Crippen LogP contribution is 2.39. The molecule has 3 fully saturated rings. The molecule has 0 bridgehead atoms. The molecule has 1 atom stereocenters. The first-order valence-corrected chi connectivity index (χ1v) is 11.3. The van der Waals surface area contributed by atoms with Crippen LogP contribution >= 0.6 is 0 Å². The minimum atomic E-state index is 0.509. The third-order valence-corrected chi connectivity index (χ3v) is 6.65. The van der Waals surface area contributed by atoms with Crippen molar-refractivity contribution in [2.75, 3.05) is 13.1 Å². The number of nitrogens with zero attached hydrogens (tertiary/aromatic N) is 4. The van der Waals surface area contributed by atoms with Gasteiger partial charge in [-0.1, -0.05) is 30.8 Å². The molecule has 3 aliphatic rings. The van der Waals surface area contributed by atoms with Crippen molar-refractivity contribution in [1.82, 2.24) is 20.0 Å². The molecule has 2 saturated carbocycles. The molecule has 2 aliphatic carbocycles. The normalized spacial score (nSPS) is 25.1. The summed E-state index contributed by atoms with van der Waals surface area (Å²) in [6.45, 7) is 3.07. The second kappa shape index (κ2) is 8.36. The van der Waals surface area contributed by atoms with Crippen molar-refractivity contribution < 1.29 is 8.94 Å². The monoisotopic (exact) mass is 384 g/mol. The van der Waals surface area contributed by atoms with Crippen molar-refractivity contribution in [2.24, 2.45) is 5.92 Å². The summed E-state index contributed by atoms with van der Waals surface area (Å²) < 4.78 is 11.6. The number of rotatable bonds is 6. The molecule has 0 N–H and O–H groups in total. The molecule has 0 radical (unpaired) electrons. The lowest BCUT2D eigenvalue weighted by molar-refractivity contribution is 0.150. The zero-order valence-corrected chi connectivity index (χ0v) is 16.8. The maximum atomic E-state index is 5.95. The van der Waals surface area contributed by atoms with E-state index in [9.17, 15) is 0 Å². The van der Waals surface area contributed by atoms with E-state index in [1.165, 1.54) is 64.2 Å². The summed E-state index contributed by atoms with van der Waals surface area (Å²) in [4.78, 5) is 11.7. The molecule has 0 spiro atoms. The molecule has 6 nitrogen and oxygen atoms in total. The smallest absolute Gasteiger partial charge is 0.226 e. The predicted octanol–water partition coefficient (Wildman–Crippen LogP) is 4.83. The van der Waals surface area contributed by atoms with Crippen LogP contribution in [0.4, 0.5) is 0 Å². The summed E-state index contributed by atoms with van der Waals surface area (Å²) in [6.07, 6.45) is 15.5. The van der Waals surface area contributed by atoms with Gasteiger partial charge in [-0.25, -0.2) is 4.98 Å². The predicted molar refractivity (Wildman–Crippen MR) is 105 cm³/mol. The summed E-state index contributed by atoms with van der Waals surface area (Å²) >= 11 is 0. The quantitative estimate of drug-likeness (QED) is 0.665. The summed E-state index contributed by atoms with van der Waals surface area (Å²) in [5.41, 5.74) is 0. The fourth-order valence-electron chi connectivity index (χ4n) is 4.90. The van der Waals surface area contributed by atoms with E-state index >= 15 is 0 Å². The van der Waals surface area contributed by atoms with Crippen LogP contribution in [0.15, 0.2) is 15.1 Å². The van der Waals surface area contributed by atoms with Crippen molar-refractivity contribution in [3.05, 3.63) is 29.6 Å². The first-order valence-electron chi connectivity index (χ1n) is 11.3. The van der Waals surface area contributed by atoms with Crippen LogP contribution in [0.25, 0.3) is 0 Å². The lowest BCUT2D eigenvalue weighted by Crippen LogP contribution is -2.35. The van der Waals surface area contributed by atoms with Gasteiger partial charge in [0.15, 0.2) is 11.7 Å². The SMILES string of the molecule is c1nc(C2CC2)oc1CN1CCCC(Cc2nc(C3CCCCCC3)no2)C1. The van der Waals surface area contributed by atoms with E-state index in [2.05, 4.69) is 15.0 Å². The number of hydrogen-bond donors (Lipinski definition) is 0. The van der Waals surface area contributed by atoms with E-state index in [1.807, 2.05) is 6.20 Å². The highest BCUT2D eigenvalue weighted by atomic mass is 16.5. The number of likely N-dealkylation sites (tertiary alicyclic amines) is 1. The molecule has 3 heterocycles. The number of piperidine rings is 1. The van der Waals surface area contributed by atoms with Crippen LogP contribution in [0.5, 0.6) is 0 Å². The van der Waals surface area contributed by atoms with Gasteiger partial charge < -0.3 is 8.94 Å². The van der Waals surface area contributed by atoms with E-state index in [1.54, 1.807) is 0 Å². The Morgan fingerprint density at radius 3 is 2.64 bits per heavy atom. The minimum Gasteiger partial charge on any atom is -0.444 e. The molecule has 2 aromatic rings. The third kappa shape index (κ3) is 4.48. The summed E-state index contributed by atoms with van der Waals surface area (Å²) in [7, 11) is 0. The summed E-state index contributed by atoms with van der Waals surface area (Å²) in [5.74, 6) is 5.43. The maximum Gasteiger partial charge on any atom is 0.226 e. The Bertz CT molecular complexity index is 758. The Balaban J connectivity index is 1.15. The second-order valence-corrected chi connectivity index (χ2v) is 9.12. The molecule has 152 valence electrons. The van der Waals surface area contributed by atoms with E-state index in [4.69, 9.17) is 13.9 Å². The molecular weight excluding hydrogens is 352 g/mol. The fraction of sp³-hybridized carbons (Fsp3) is 0.773. The lowest BCUT2D eigenvalue weighted by atomic mass is 9.94. The van der Waals surface area contributed by atoms with Crippen LogP contribution in [0.3, 0.4) is 0 Å². The van der Waals surface area contributed by atoms with E-state index in [0.29, 0.717) is 17.8 Å². The Hall–Kier alpha value is -1.69. The van der Waals surface area contributed by atoms with Crippen LogP contribution in [-0.2, 0) is 13.0 Å². The molecule has 0 amide bonds. The average molecular weight is 385 g/mol. The number of oxazole rings is 1. The zero-order valence-electron chi connectivity index (χ0n) is 16.8. The molecule has 28 heavy (non-hydrogen) atoms. The highest BCUT2D eigenvalue weighted by Gasteiger charge is 2.29. The Morgan fingerprint density at radius 2 is 1.82 bits per heavy atom. The van der Waals surface area contributed by atoms with Crippen LogP contribution in [0, 0.1) is 5.92 Å². The lowest BCUT2D eigenvalue weighted by Gasteiger charge is -2.31. The summed E-state index contributed by atoms with van der Waals surface area (Å²) in [6, 6.07) is 0. The Kier molecular flexibility index (Phi) is 5.47. The molecule has 6 heteroatoms. The molecule has 1 aliphatic heterocycles. The van der Waals surface area contributed by atoms with Crippen molar-refractivity contribution in [2.45, 2.75) is 89.0 Å². The van der Waals surface area contributed by atoms with E-state index in [-0.39, 0.29) is 0 Å². The van der Waals surface area contributed by atoms with Crippen LogP contribution < -0.4 is 0 Å². The van der Waals surface area contributed by atoms with Crippen LogP contribution in [0.1, 0.15) is 99.4 Å². The molecule has 1 unspecified atom stereocenters. The fourth-order valence-corrected chi connectivity index (χ4v) is 4.90. The van der Waals surface area contributed by atoms with Gasteiger partial charge in [0.05, 0.1) is 12.7 Å². The minimum absolute atomic E-state index is 0.509. The van der Waals surface area contributed by atoms with Gasteiger partial charge in [0, 0.05) is 24.8 Å². The van der Waals surface area contributed by atoms with Gasteiger partial charge in [-0.2, -0.15) is 4.98 Å². The van der Waals surface area contributed by atoms with Crippen molar-refractivity contribution in [3.8, 4) is 0 Å². The third-order valence-electron chi connectivity index (χ3n) is 6.65. The molecule has 1 saturated heterocycles. The summed E-state index contributed by atoms with van der Waals surface area (Å²) in [5, 5.41) is 4.34. The highest BCUT2D eigenvalue weighted by molar-refractivity contribution is 5.05. The molecule has 5 rings (SSSR count). The molecule has 2 aromatic heterocycles. The average Bonchev–Trinajstić information content (AvgIpc) is 3.38. The molecule has 0 aromatic carbocycles. The van der Waals surface area contributed by atoms with Gasteiger partial charge in [-0.15, -0.1) is 0 Å². The van der Waals surface area contributed by atoms with Gasteiger partial charge in [0.1, 0.15) is 5.76 Å². The van der Waals surface area contributed by atoms with Gasteiger partial charge in [0.25, 0.3) is 0 Å².